The van der Waals surface area contributed by atoms with Gasteiger partial charge in [-0.15, -0.1) is 12.4 Å². The zero-order valence-corrected chi connectivity index (χ0v) is 13.1. The Morgan fingerprint density at radius 3 is 2.05 bits per heavy atom. The van der Waals surface area contributed by atoms with E-state index in [4.69, 9.17) is 34.8 Å². The van der Waals surface area contributed by atoms with Crippen LogP contribution in [-0.2, 0) is 13.1 Å². The SMILES string of the molecule is Cl.Clc1ccc(CNCc2ccccc2Cl)c(Cl)c1. The second kappa shape index (κ2) is 7.98. The van der Waals surface area contributed by atoms with Gasteiger partial charge in [-0.3, -0.25) is 0 Å². The minimum atomic E-state index is 0. The van der Waals surface area contributed by atoms with E-state index in [2.05, 4.69) is 5.32 Å². The van der Waals surface area contributed by atoms with Gasteiger partial charge in [0, 0.05) is 28.2 Å². The van der Waals surface area contributed by atoms with Crippen LogP contribution in [-0.4, -0.2) is 0 Å². The fourth-order valence-electron chi connectivity index (χ4n) is 1.64. The molecule has 2 aromatic rings. The lowest BCUT2D eigenvalue weighted by Gasteiger charge is -2.08. The summed E-state index contributed by atoms with van der Waals surface area (Å²) < 4.78 is 0. The molecule has 5 heteroatoms. The van der Waals surface area contributed by atoms with E-state index in [1.165, 1.54) is 0 Å². The fourth-order valence-corrected chi connectivity index (χ4v) is 2.32. The highest BCUT2D eigenvalue weighted by Crippen LogP contribution is 2.21. The first kappa shape index (κ1) is 16.6. The molecule has 0 bridgehead atoms. The zero-order valence-electron chi connectivity index (χ0n) is 10.00. The number of halogens is 4. The fraction of sp³-hybridized carbons (Fsp3) is 0.143. The smallest absolute Gasteiger partial charge is 0.0465 e. The van der Waals surface area contributed by atoms with Crippen LogP contribution in [0.5, 0.6) is 0 Å². The first-order valence-electron chi connectivity index (χ1n) is 5.55. The van der Waals surface area contributed by atoms with Gasteiger partial charge in [0.2, 0.25) is 0 Å². The summed E-state index contributed by atoms with van der Waals surface area (Å²) in [5, 5.41) is 5.40. The van der Waals surface area contributed by atoms with Gasteiger partial charge >= 0.3 is 0 Å². The van der Waals surface area contributed by atoms with Crippen molar-refractivity contribution in [2.24, 2.45) is 0 Å². The second-order valence-corrected chi connectivity index (χ2v) is 5.18. The minimum absolute atomic E-state index is 0. The van der Waals surface area contributed by atoms with E-state index in [0.717, 1.165) is 16.1 Å². The van der Waals surface area contributed by atoms with E-state index in [-0.39, 0.29) is 12.4 Å². The van der Waals surface area contributed by atoms with E-state index in [0.29, 0.717) is 23.1 Å². The molecule has 0 spiro atoms. The first-order valence-corrected chi connectivity index (χ1v) is 6.68. The number of hydrogen-bond acceptors (Lipinski definition) is 1. The molecule has 0 heterocycles. The van der Waals surface area contributed by atoms with Gasteiger partial charge in [0.05, 0.1) is 0 Å². The molecule has 0 unspecified atom stereocenters. The average molecular weight is 337 g/mol. The molecule has 0 fully saturated rings. The lowest BCUT2D eigenvalue weighted by atomic mass is 10.2. The van der Waals surface area contributed by atoms with Crippen LogP contribution in [0.25, 0.3) is 0 Å². The summed E-state index contributed by atoms with van der Waals surface area (Å²) in [6.45, 7) is 1.39. The van der Waals surface area contributed by atoms with Crippen LogP contribution in [0.4, 0.5) is 0 Å². The van der Waals surface area contributed by atoms with Crippen molar-refractivity contribution in [3.63, 3.8) is 0 Å². The van der Waals surface area contributed by atoms with Crippen LogP contribution in [0.2, 0.25) is 15.1 Å². The topological polar surface area (TPSA) is 12.0 Å². The Labute approximate surface area is 134 Å². The Hall–Kier alpha value is -0.440. The van der Waals surface area contributed by atoms with Crippen LogP contribution >= 0.6 is 47.2 Å². The molecule has 0 atom stereocenters. The lowest BCUT2D eigenvalue weighted by Crippen LogP contribution is -2.13. The van der Waals surface area contributed by atoms with Crippen LogP contribution in [0.1, 0.15) is 11.1 Å². The third-order valence-corrected chi connectivity index (χ3v) is 3.56. The number of rotatable bonds is 4. The van der Waals surface area contributed by atoms with Crippen molar-refractivity contribution in [2.45, 2.75) is 13.1 Å². The Bertz CT molecular complexity index is 543. The van der Waals surface area contributed by atoms with Crippen LogP contribution < -0.4 is 5.32 Å². The number of hydrogen-bond donors (Lipinski definition) is 1. The van der Waals surface area contributed by atoms with E-state index in [1.807, 2.05) is 36.4 Å². The quantitative estimate of drug-likeness (QED) is 0.792. The highest BCUT2D eigenvalue weighted by molar-refractivity contribution is 6.35. The normalized spacial score (nSPS) is 10.1. The van der Waals surface area contributed by atoms with Crippen molar-refractivity contribution in [2.75, 3.05) is 0 Å². The third kappa shape index (κ3) is 4.87. The van der Waals surface area contributed by atoms with Gasteiger partial charge < -0.3 is 5.32 Å². The van der Waals surface area contributed by atoms with Crippen molar-refractivity contribution >= 4 is 47.2 Å². The van der Waals surface area contributed by atoms with E-state index >= 15 is 0 Å². The van der Waals surface area contributed by atoms with Gasteiger partial charge in [0.1, 0.15) is 0 Å². The molecular weight excluding hydrogens is 324 g/mol. The Morgan fingerprint density at radius 1 is 0.789 bits per heavy atom. The highest BCUT2D eigenvalue weighted by Gasteiger charge is 2.02. The van der Waals surface area contributed by atoms with Gasteiger partial charge in [0.15, 0.2) is 0 Å². The van der Waals surface area contributed by atoms with Crippen LogP contribution in [0.3, 0.4) is 0 Å². The molecule has 0 aromatic heterocycles. The maximum atomic E-state index is 6.09. The Morgan fingerprint density at radius 2 is 1.42 bits per heavy atom. The monoisotopic (exact) mass is 335 g/mol. The molecule has 2 rings (SSSR count). The van der Waals surface area contributed by atoms with Crippen LogP contribution in [0, 0.1) is 0 Å². The summed E-state index contributed by atoms with van der Waals surface area (Å²) >= 11 is 18.0. The van der Waals surface area contributed by atoms with Crippen molar-refractivity contribution in [3.05, 3.63) is 68.7 Å². The van der Waals surface area contributed by atoms with Crippen molar-refractivity contribution in [1.29, 1.82) is 0 Å². The maximum Gasteiger partial charge on any atom is 0.0465 e. The third-order valence-electron chi connectivity index (χ3n) is 2.60. The average Bonchev–Trinajstić information content (AvgIpc) is 2.34. The van der Waals surface area contributed by atoms with Crippen molar-refractivity contribution in [3.8, 4) is 0 Å². The molecule has 0 aliphatic heterocycles. The Balaban J connectivity index is 0.00000180. The first-order chi connectivity index (χ1) is 8.66. The zero-order chi connectivity index (χ0) is 13.0. The molecule has 2 aromatic carbocycles. The molecule has 0 aliphatic rings. The molecule has 0 saturated heterocycles. The summed E-state index contributed by atoms with van der Waals surface area (Å²) in [6, 6.07) is 13.3. The van der Waals surface area contributed by atoms with Crippen molar-refractivity contribution in [1.82, 2.24) is 5.32 Å². The molecule has 102 valence electrons. The van der Waals surface area contributed by atoms with E-state index in [9.17, 15) is 0 Å². The molecule has 1 nitrogen and oxygen atoms in total. The van der Waals surface area contributed by atoms with E-state index in [1.54, 1.807) is 6.07 Å². The molecule has 0 aliphatic carbocycles. The summed E-state index contributed by atoms with van der Waals surface area (Å²) in [5.41, 5.74) is 2.09. The molecule has 1 N–H and O–H groups in total. The van der Waals surface area contributed by atoms with Gasteiger partial charge in [-0.2, -0.15) is 0 Å². The largest absolute Gasteiger partial charge is 0.309 e. The second-order valence-electron chi connectivity index (χ2n) is 3.93. The standard InChI is InChI=1S/C14H12Cl3N.ClH/c15-12-6-5-11(14(17)7-12)9-18-8-10-3-1-2-4-13(10)16;/h1-7,18H,8-9H2;1H. The predicted octanol–water partition coefficient (Wildman–Crippen LogP) is 5.36. The maximum absolute atomic E-state index is 6.09. The van der Waals surface area contributed by atoms with E-state index < -0.39 is 0 Å². The summed E-state index contributed by atoms with van der Waals surface area (Å²) in [7, 11) is 0. The Kier molecular flexibility index (Phi) is 6.98. The molecule has 0 saturated carbocycles. The lowest BCUT2D eigenvalue weighted by molar-refractivity contribution is 0.693. The summed E-state index contributed by atoms with van der Waals surface area (Å²) in [5.74, 6) is 0. The van der Waals surface area contributed by atoms with Crippen molar-refractivity contribution < 1.29 is 0 Å². The molecular formula is C14H13Cl4N. The molecule has 0 radical (unpaired) electrons. The predicted molar refractivity (Wildman–Crippen MR) is 85.7 cm³/mol. The molecule has 19 heavy (non-hydrogen) atoms. The van der Waals surface area contributed by atoms with Gasteiger partial charge in [-0.1, -0.05) is 59.1 Å². The molecule has 0 amide bonds. The minimum Gasteiger partial charge on any atom is -0.309 e. The van der Waals surface area contributed by atoms with Crippen LogP contribution in [0.15, 0.2) is 42.5 Å². The van der Waals surface area contributed by atoms with Gasteiger partial charge in [0.25, 0.3) is 0 Å². The van der Waals surface area contributed by atoms with Gasteiger partial charge in [-0.05, 0) is 29.3 Å². The highest BCUT2D eigenvalue weighted by atomic mass is 35.5. The van der Waals surface area contributed by atoms with Gasteiger partial charge in [-0.25, -0.2) is 0 Å². The summed E-state index contributed by atoms with van der Waals surface area (Å²) in [4.78, 5) is 0. The number of nitrogens with one attached hydrogen (secondary N) is 1. The number of benzene rings is 2. The summed E-state index contributed by atoms with van der Waals surface area (Å²) in [6.07, 6.45) is 0.